The lowest BCUT2D eigenvalue weighted by molar-refractivity contribution is -0.137. The van der Waals surface area contributed by atoms with E-state index in [0.717, 1.165) is 45.3 Å². The molecule has 0 spiro atoms. The van der Waals surface area contributed by atoms with Crippen molar-refractivity contribution in [2.75, 3.05) is 13.1 Å². The van der Waals surface area contributed by atoms with Crippen LogP contribution in [0.5, 0.6) is 5.75 Å². The molecule has 1 heterocycles. The van der Waals surface area contributed by atoms with Gasteiger partial charge in [0.15, 0.2) is 5.96 Å². The number of nitrogens with two attached hydrogens (primary N) is 2. The van der Waals surface area contributed by atoms with E-state index in [-0.39, 0.29) is 69.5 Å². The van der Waals surface area contributed by atoms with Crippen LogP contribution in [0.2, 0.25) is 0 Å². The van der Waals surface area contributed by atoms with E-state index in [1.165, 1.54) is 0 Å². The maximum absolute atomic E-state index is 14.8. The Labute approximate surface area is 373 Å². The summed E-state index contributed by atoms with van der Waals surface area (Å²) in [5.41, 5.74) is 13.5. The predicted octanol–water partition coefficient (Wildman–Crippen LogP) is 2.29. The number of ether oxygens (including phenoxy) is 1. The number of hydrogen-bond donors (Lipinski definition) is 10. The fraction of sp³-hybridized carbons (Fsp3) is 0.426. The standard InChI is InChI=1S/C47H62N10O7/c1-4-5-20-41(59)57-47(22-21-34-31(26-47)15-11-19-39(34)64-29(2)3)45(63)56-37(24-30-13-7-6-8-14-30)44(62)54-36(18-12-23-51-46(49)50)43(61)55-38(42(60)53-28-40(48)58)25-32-27-52-35-17-10-9-16-33(32)35/h6-11,13-17,19,27,29,36-38,52H,4-5,12,18,20-26,28H2,1-3H3,(H2,48,58)(H,53,60)(H,54,62)(H,55,61)(H,56,63)(H,57,59)(H4,49,50,51)/t36-,37+,38-,47?/m0/s1. The van der Waals surface area contributed by atoms with Crippen LogP contribution in [0.25, 0.3) is 10.9 Å². The van der Waals surface area contributed by atoms with Crippen LogP contribution in [-0.4, -0.2) is 89.2 Å². The van der Waals surface area contributed by atoms with E-state index in [4.69, 9.17) is 21.6 Å². The number of nitrogens with one attached hydrogen (secondary N) is 8. The lowest BCUT2D eigenvalue weighted by Crippen LogP contribution is -2.65. The Kier molecular flexibility index (Phi) is 17.3. The molecule has 4 atom stereocenters. The Bertz CT molecular complexity index is 2280. The van der Waals surface area contributed by atoms with Crippen molar-refractivity contribution in [1.82, 2.24) is 36.9 Å². The first-order valence-electron chi connectivity index (χ1n) is 21.9. The van der Waals surface area contributed by atoms with E-state index >= 15 is 0 Å². The van der Waals surface area contributed by atoms with Crippen molar-refractivity contribution in [3.05, 3.63) is 101 Å². The molecule has 0 bridgehead atoms. The third kappa shape index (κ3) is 13.5. The summed E-state index contributed by atoms with van der Waals surface area (Å²) in [4.78, 5) is 85.6. The number of carbonyl (C=O) groups excluding carboxylic acids is 6. The van der Waals surface area contributed by atoms with Gasteiger partial charge in [-0.3, -0.25) is 34.2 Å². The number of primary amides is 1. The summed E-state index contributed by atoms with van der Waals surface area (Å²) in [5.74, 6) is -3.21. The summed E-state index contributed by atoms with van der Waals surface area (Å²) in [5, 5.41) is 25.3. The van der Waals surface area contributed by atoms with E-state index in [0.29, 0.717) is 12.8 Å². The molecule has 17 heteroatoms. The minimum atomic E-state index is -1.41. The number of hydrogen-bond acceptors (Lipinski definition) is 8. The molecule has 17 nitrogen and oxygen atoms in total. The van der Waals surface area contributed by atoms with Gasteiger partial charge in [-0.1, -0.05) is 74.0 Å². The van der Waals surface area contributed by atoms with Crippen LogP contribution in [0.3, 0.4) is 0 Å². The van der Waals surface area contributed by atoms with E-state index in [2.05, 4.69) is 36.9 Å². The maximum Gasteiger partial charge on any atom is 0.246 e. The molecule has 0 saturated carbocycles. The van der Waals surface area contributed by atoms with Gasteiger partial charge in [0.05, 0.1) is 12.6 Å². The summed E-state index contributed by atoms with van der Waals surface area (Å²) in [6, 6.07) is 18.6. The van der Waals surface area contributed by atoms with Crippen LogP contribution in [-0.2, 0) is 54.5 Å². The molecule has 0 fully saturated rings. The van der Waals surface area contributed by atoms with Crippen molar-refractivity contribution in [1.29, 1.82) is 5.41 Å². The average molecular weight is 879 g/mol. The number of H-pyrrole nitrogens is 1. The van der Waals surface area contributed by atoms with Gasteiger partial charge < -0.3 is 53.1 Å². The summed E-state index contributed by atoms with van der Waals surface area (Å²) in [7, 11) is 0. The van der Waals surface area contributed by atoms with Crippen LogP contribution < -0.4 is 48.1 Å². The van der Waals surface area contributed by atoms with Crippen LogP contribution in [0.1, 0.15) is 81.5 Å². The zero-order valence-corrected chi connectivity index (χ0v) is 36.8. The van der Waals surface area contributed by atoms with E-state index in [1.54, 1.807) is 6.20 Å². The second kappa shape index (κ2) is 23.0. The van der Waals surface area contributed by atoms with Crippen molar-refractivity contribution in [2.24, 2.45) is 11.5 Å². The van der Waals surface area contributed by atoms with E-state index in [1.807, 2.05) is 93.6 Å². The molecule has 6 amide bonds. The first-order valence-corrected chi connectivity index (χ1v) is 21.9. The highest BCUT2D eigenvalue weighted by Crippen LogP contribution is 2.35. The minimum absolute atomic E-state index is 0.0277. The van der Waals surface area contributed by atoms with Gasteiger partial charge in [0.2, 0.25) is 35.4 Å². The number of carbonyl (C=O) groups is 6. The van der Waals surface area contributed by atoms with Crippen molar-refractivity contribution >= 4 is 52.3 Å². The Morgan fingerprint density at radius 1 is 0.812 bits per heavy atom. The molecule has 342 valence electrons. The van der Waals surface area contributed by atoms with Gasteiger partial charge in [-0.25, -0.2) is 0 Å². The van der Waals surface area contributed by atoms with Gasteiger partial charge in [-0.05, 0) is 80.3 Å². The van der Waals surface area contributed by atoms with Crippen LogP contribution in [0.15, 0.2) is 79.0 Å². The summed E-state index contributed by atoms with van der Waals surface area (Å²) >= 11 is 0. The first kappa shape index (κ1) is 48.1. The van der Waals surface area contributed by atoms with Gasteiger partial charge in [-0.15, -0.1) is 0 Å². The molecule has 64 heavy (non-hydrogen) atoms. The van der Waals surface area contributed by atoms with Gasteiger partial charge in [0.1, 0.15) is 29.4 Å². The fourth-order valence-corrected chi connectivity index (χ4v) is 7.93. The van der Waals surface area contributed by atoms with Crippen LogP contribution in [0, 0.1) is 5.41 Å². The normalized spacial score (nSPS) is 15.8. The molecule has 1 unspecified atom stereocenters. The number of rotatable bonds is 23. The highest BCUT2D eigenvalue weighted by atomic mass is 16.5. The highest BCUT2D eigenvalue weighted by Gasteiger charge is 2.45. The molecule has 1 aliphatic carbocycles. The molecule has 0 aliphatic heterocycles. The fourth-order valence-electron chi connectivity index (χ4n) is 7.93. The van der Waals surface area contributed by atoms with Crippen LogP contribution in [0.4, 0.5) is 0 Å². The van der Waals surface area contributed by atoms with Crippen LogP contribution >= 0.6 is 0 Å². The SMILES string of the molecule is CCCCC(=O)NC1(C(=O)N[C@H](Cc2ccccc2)C(=O)N[C@@H](CCCNC(=N)N)C(=O)N[C@@H](Cc2c[nH]c3ccccc23)C(=O)NCC(N)=O)CCc2c(cccc2OC(C)C)C1. The molecule has 0 saturated heterocycles. The topological polar surface area (TPSA) is 276 Å². The number of aromatic amines is 1. The van der Waals surface area contributed by atoms with Crippen molar-refractivity contribution in [2.45, 2.75) is 115 Å². The van der Waals surface area contributed by atoms with Crippen molar-refractivity contribution in [3.63, 3.8) is 0 Å². The Morgan fingerprint density at radius 3 is 2.23 bits per heavy atom. The summed E-state index contributed by atoms with van der Waals surface area (Å²) < 4.78 is 6.11. The Morgan fingerprint density at radius 2 is 1.52 bits per heavy atom. The average Bonchev–Trinajstić information content (AvgIpc) is 3.67. The maximum atomic E-state index is 14.8. The predicted molar refractivity (Wildman–Crippen MR) is 244 cm³/mol. The molecule has 0 radical (unpaired) electrons. The zero-order valence-electron chi connectivity index (χ0n) is 36.8. The van der Waals surface area contributed by atoms with Crippen molar-refractivity contribution in [3.8, 4) is 5.75 Å². The summed E-state index contributed by atoms with van der Waals surface area (Å²) in [6.45, 7) is 5.59. The second-order valence-electron chi connectivity index (χ2n) is 16.5. The second-order valence-corrected chi connectivity index (χ2v) is 16.5. The lowest BCUT2D eigenvalue weighted by Gasteiger charge is -2.39. The Hall–Kier alpha value is -6.91. The lowest BCUT2D eigenvalue weighted by atomic mass is 9.76. The molecular formula is C47H62N10O7. The molecule has 3 aromatic carbocycles. The number of fused-ring (bicyclic) bond motifs is 2. The number of guanidine groups is 1. The van der Waals surface area contributed by atoms with Gasteiger partial charge in [0, 0.05) is 49.3 Å². The van der Waals surface area contributed by atoms with Gasteiger partial charge >= 0.3 is 0 Å². The number of amides is 6. The number of benzene rings is 3. The first-order chi connectivity index (χ1) is 30.7. The monoisotopic (exact) mass is 878 g/mol. The molecule has 1 aliphatic rings. The number of aromatic nitrogens is 1. The van der Waals surface area contributed by atoms with Crippen molar-refractivity contribution < 1.29 is 33.5 Å². The molecule has 5 rings (SSSR count). The quantitative estimate of drug-likeness (QED) is 0.0297. The minimum Gasteiger partial charge on any atom is -0.491 e. The largest absolute Gasteiger partial charge is 0.491 e. The number of unbranched alkanes of at least 4 members (excludes halogenated alkanes) is 1. The molecular weight excluding hydrogens is 817 g/mol. The zero-order chi connectivity index (χ0) is 46.2. The Balaban J connectivity index is 1.45. The number of para-hydroxylation sites is 1. The van der Waals surface area contributed by atoms with E-state index in [9.17, 15) is 28.8 Å². The van der Waals surface area contributed by atoms with E-state index < -0.39 is 59.7 Å². The third-order valence-electron chi connectivity index (χ3n) is 11.1. The van der Waals surface area contributed by atoms with Gasteiger partial charge in [-0.2, -0.15) is 0 Å². The molecule has 4 aromatic rings. The van der Waals surface area contributed by atoms with Gasteiger partial charge in [0.25, 0.3) is 0 Å². The smallest absolute Gasteiger partial charge is 0.246 e. The molecule has 12 N–H and O–H groups in total. The highest BCUT2D eigenvalue weighted by molar-refractivity contribution is 5.98. The summed E-state index contributed by atoms with van der Waals surface area (Å²) in [6.07, 6.45) is 4.50. The molecule has 1 aromatic heterocycles. The third-order valence-corrected chi connectivity index (χ3v) is 11.1.